The van der Waals surface area contributed by atoms with Crippen molar-refractivity contribution in [2.45, 2.75) is 51.3 Å². The van der Waals surface area contributed by atoms with E-state index in [0.29, 0.717) is 13.1 Å². The topological polar surface area (TPSA) is 70.7 Å². The van der Waals surface area contributed by atoms with Crippen molar-refractivity contribution in [1.29, 1.82) is 0 Å². The Kier molecular flexibility index (Phi) is 4.97. The first-order valence-electron chi connectivity index (χ1n) is 9.26. The van der Waals surface area contributed by atoms with E-state index in [9.17, 15) is 9.59 Å². The third kappa shape index (κ3) is 3.70. The van der Waals surface area contributed by atoms with Crippen molar-refractivity contribution >= 4 is 12.0 Å². The summed E-state index contributed by atoms with van der Waals surface area (Å²) in [6.07, 6.45) is 0.560. The number of hydrogen-bond donors (Lipinski definition) is 2. The molecule has 2 aliphatic rings. The molecule has 1 aromatic rings. The van der Waals surface area contributed by atoms with Gasteiger partial charge in [-0.15, -0.1) is 0 Å². The number of rotatable bonds is 2. The number of nitrogens with zero attached hydrogens (tertiary/aromatic N) is 1. The van der Waals surface area contributed by atoms with Crippen LogP contribution in [-0.2, 0) is 9.53 Å². The molecule has 6 heteroatoms. The van der Waals surface area contributed by atoms with Crippen molar-refractivity contribution in [3.8, 4) is 0 Å². The number of nitrogens with one attached hydrogen (secondary N) is 2. The SMILES string of the molecule is CC(=O)N[C@@]12CNCCC1[C@@H](c1ccccc1)N(C(=O)OC(C)(C)C)C2. The minimum atomic E-state index is -0.564. The highest BCUT2D eigenvalue weighted by atomic mass is 16.6. The zero-order chi connectivity index (χ0) is 18.9. The molecule has 2 heterocycles. The number of carbonyl (C=O) groups is 2. The molecule has 26 heavy (non-hydrogen) atoms. The maximum Gasteiger partial charge on any atom is 0.410 e. The van der Waals surface area contributed by atoms with Crippen molar-refractivity contribution in [1.82, 2.24) is 15.5 Å². The number of fused-ring (bicyclic) bond motifs is 1. The predicted octanol–water partition coefficient (Wildman–Crippen LogP) is 2.46. The van der Waals surface area contributed by atoms with Crippen LogP contribution in [0.25, 0.3) is 0 Å². The molecule has 3 rings (SSSR count). The first-order chi connectivity index (χ1) is 12.2. The molecule has 1 aromatic carbocycles. The average molecular weight is 359 g/mol. The molecule has 2 aliphatic heterocycles. The molecule has 0 bridgehead atoms. The van der Waals surface area contributed by atoms with E-state index in [4.69, 9.17) is 4.74 Å². The van der Waals surface area contributed by atoms with E-state index in [1.807, 2.05) is 51.1 Å². The van der Waals surface area contributed by atoms with E-state index in [-0.39, 0.29) is 24.0 Å². The Hall–Kier alpha value is -2.08. The van der Waals surface area contributed by atoms with Gasteiger partial charge < -0.3 is 15.4 Å². The van der Waals surface area contributed by atoms with E-state index >= 15 is 0 Å². The first kappa shape index (κ1) is 18.7. The van der Waals surface area contributed by atoms with Gasteiger partial charge in [0, 0.05) is 25.9 Å². The Bertz CT molecular complexity index is 671. The number of piperidine rings is 1. The number of amides is 2. The summed E-state index contributed by atoms with van der Waals surface area (Å²) in [5, 5.41) is 6.54. The standard InChI is InChI=1S/C20H29N3O3/c1-14(24)22-20-12-21-11-10-16(20)17(15-8-6-5-7-9-15)23(13-20)18(25)26-19(2,3)4/h5-9,16-17,21H,10-13H2,1-4H3,(H,22,24)/t16?,17-,20-/m1/s1. The highest BCUT2D eigenvalue weighted by molar-refractivity contribution is 5.75. The van der Waals surface area contributed by atoms with E-state index < -0.39 is 11.1 Å². The normalized spacial score (nSPS) is 28.4. The Morgan fingerprint density at radius 2 is 1.96 bits per heavy atom. The molecule has 2 fully saturated rings. The van der Waals surface area contributed by atoms with Crippen LogP contribution in [0.3, 0.4) is 0 Å². The van der Waals surface area contributed by atoms with Crippen LogP contribution < -0.4 is 10.6 Å². The van der Waals surface area contributed by atoms with Crippen LogP contribution in [-0.4, -0.2) is 47.7 Å². The van der Waals surface area contributed by atoms with Gasteiger partial charge in [0.2, 0.25) is 5.91 Å². The first-order valence-corrected chi connectivity index (χ1v) is 9.26. The Labute approximate surface area is 155 Å². The Morgan fingerprint density at radius 1 is 1.27 bits per heavy atom. The van der Waals surface area contributed by atoms with Gasteiger partial charge in [-0.05, 0) is 39.3 Å². The summed E-state index contributed by atoms with van der Waals surface area (Å²) in [4.78, 5) is 26.7. The molecular formula is C20H29N3O3. The van der Waals surface area contributed by atoms with Crippen LogP contribution in [0.4, 0.5) is 4.79 Å². The van der Waals surface area contributed by atoms with Crippen LogP contribution in [0.5, 0.6) is 0 Å². The summed E-state index contributed by atoms with van der Waals surface area (Å²) in [5.41, 5.74) is 0.0463. The van der Waals surface area contributed by atoms with E-state index in [1.54, 1.807) is 4.90 Å². The zero-order valence-corrected chi connectivity index (χ0v) is 16.0. The molecule has 2 amide bonds. The van der Waals surface area contributed by atoms with Gasteiger partial charge >= 0.3 is 6.09 Å². The van der Waals surface area contributed by atoms with Crippen LogP contribution in [0.1, 0.15) is 45.7 Å². The van der Waals surface area contributed by atoms with Gasteiger partial charge in [-0.1, -0.05) is 30.3 Å². The van der Waals surface area contributed by atoms with Crippen molar-refractivity contribution in [3.05, 3.63) is 35.9 Å². The largest absolute Gasteiger partial charge is 0.444 e. The van der Waals surface area contributed by atoms with Gasteiger partial charge in [0.1, 0.15) is 5.60 Å². The van der Waals surface area contributed by atoms with Crippen LogP contribution in [0.15, 0.2) is 30.3 Å². The van der Waals surface area contributed by atoms with Crippen LogP contribution in [0, 0.1) is 5.92 Å². The lowest BCUT2D eigenvalue weighted by atomic mass is 9.76. The smallest absolute Gasteiger partial charge is 0.410 e. The number of carbonyl (C=O) groups excluding carboxylic acids is 2. The minimum Gasteiger partial charge on any atom is -0.444 e. The lowest BCUT2D eigenvalue weighted by Gasteiger charge is -2.40. The van der Waals surface area contributed by atoms with E-state index in [1.165, 1.54) is 6.92 Å². The summed E-state index contributed by atoms with van der Waals surface area (Å²) in [7, 11) is 0. The van der Waals surface area contributed by atoms with Crippen molar-refractivity contribution in [2.75, 3.05) is 19.6 Å². The molecule has 0 aromatic heterocycles. The van der Waals surface area contributed by atoms with Gasteiger partial charge in [0.15, 0.2) is 0 Å². The van der Waals surface area contributed by atoms with Gasteiger partial charge in [-0.3, -0.25) is 9.69 Å². The highest BCUT2D eigenvalue weighted by Gasteiger charge is 2.56. The number of likely N-dealkylation sites (tertiary alicyclic amines) is 1. The molecule has 0 saturated carbocycles. The summed E-state index contributed by atoms with van der Waals surface area (Å²) >= 11 is 0. The van der Waals surface area contributed by atoms with Crippen molar-refractivity contribution in [3.63, 3.8) is 0 Å². The highest BCUT2D eigenvalue weighted by Crippen LogP contribution is 2.46. The summed E-state index contributed by atoms with van der Waals surface area (Å²) in [6, 6.07) is 9.94. The summed E-state index contributed by atoms with van der Waals surface area (Å²) < 4.78 is 5.68. The second-order valence-electron chi connectivity index (χ2n) is 8.37. The molecule has 0 radical (unpaired) electrons. The maximum atomic E-state index is 13.0. The molecule has 2 N–H and O–H groups in total. The van der Waals surface area contributed by atoms with Crippen molar-refractivity contribution < 1.29 is 14.3 Å². The molecule has 1 unspecified atom stereocenters. The van der Waals surface area contributed by atoms with Crippen molar-refractivity contribution in [2.24, 2.45) is 5.92 Å². The average Bonchev–Trinajstić information content (AvgIpc) is 2.88. The van der Waals surface area contributed by atoms with Gasteiger partial charge in [0.25, 0.3) is 0 Å². The van der Waals surface area contributed by atoms with Crippen LogP contribution in [0.2, 0.25) is 0 Å². The quantitative estimate of drug-likeness (QED) is 0.851. The molecular weight excluding hydrogens is 330 g/mol. The molecule has 0 aliphatic carbocycles. The fraction of sp³-hybridized carbons (Fsp3) is 0.600. The van der Waals surface area contributed by atoms with E-state index in [0.717, 1.165) is 18.5 Å². The number of hydrogen-bond acceptors (Lipinski definition) is 4. The number of benzene rings is 1. The Balaban J connectivity index is 2.00. The third-order valence-electron chi connectivity index (χ3n) is 5.15. The fourth-order valence-corrected chi connectivity index (χ4v) is 4.32. The second kappa shape index (κ2) is 6.91. The summed E-state index contributed by atoms with van der Waals surface area (Å²) in [6.45, 7) is 9.12. The second-order valence-corrected chi connectivity index (χ2v) is 8.37. The van der Waals surface area contributed by atoms with Gasteiger partial charge in [-0.2, -0.15) is 0 Å². The summed E-state index contributed by atoms with van der Waals surface area (Å²) in [5.74, 6) is 0.0686. The molecule has 0 spiro atoms. The monoisotopic (exact) mass is 359 g/mol. The Morgan fingerprint density at radius 3 is 2.58 bits per heavy atom. The molecule has 3 atom stereocenters. The van der Waals surface area contributed by atoms with Crippen LogP contribution >= 0.6 is 0 Å². The lowest BCUT2D eigenvalue weighted by Crippen LogP contribution is -2.62. The fourth-order valence-electron chi connectivity index (χ4n) is 4.32. The molecule has 2 saturated heterocycles. The minimum absolute atomic E-state index is 0.0726. The van der Waals surface area contributed by atoms with Gasteiger partial charge in [0.05, 0.1) is 11.6 Å². The van der Waals surface area contributed by atoms with Gasteiger partial charge in [-0.25, -0.2) is 4.79 Å². The lowest BCUT2D eigenvalue weighted by molar-refractivity contribution is -0.121. The predicted molar refractivity (Wildman–Crippen MR) is 99.6 cm³/mol. The molecule has 142 valence electrons. The molecule has 6 nitrogen and oxygen atoms in total. The van der Waals surface area contributed by atoms with E-state index in [2.05, 4.69) is 10.6 Å². The zero-order valence-electron chi connectivity index (χ0n) is 16.0. The maximum absolute atomic E-state index is 13.0. The number of ether oxygens (including phenoxy) is 1. The third-order valence-corrected chi connectivity index (χ3v) is 5.15.